The van der Waals surface area contributed by atoms with Gasteiger partial charge in [-0.15, -0.1) is 0 Å². The van der Waals surface area contributed by atoms with Gasteiger partial charge < -0.3 is 14.5 Å². The maximum absolute atomic E-state index is 12.5. The second-order valence-corrected chi connectivity index (χ2v) is 6.94. The Balaban J connectivity index is 1.54. The van der Waals surface area contributed by atoms with Gasteiger partial charge in [-0.05, 0) is 32.6 Å². The number of aliphatic carboxylic acids is 1. The van der Waals surface area contributed by atoms with Crippen LogP contribution in [0.1, 0.15) is 69.5 Å². The molecule has 1 N–H and O–H groups in total. The Morgan fingerprint density at radius 2 is 2.00 bits per heavy atom. The average molecular weight is 335 g/mol. The van der Waals surface area contributed by atoms with Crippen molar-refractivity contribution in [2.24, 2.45) is 5.92 Å². The molecule has 132 valence electrons. The van der Waals surface area contributed by atoms with E-state index >= 15 is 0 Å². The van der Waals surface area contributed by atoms with Gasteiger partial charge in [-0.3, -0.25) is 9.59 Å². The van der Waals surface area contributed by atoms with Crippen molar-refractivity contribution in [3.05, 3.63) is 11.7 Å². The van der Waals surface area contributed by atoms with Crippen LogP contribution in [0, 0.1) is 5.92 Å². The quantitative estimate of drug-likeness (QED) is 0.887. The monoisotopic (exact) mass is 335 g/mol. The third-order valence-electron chi connectivity index (χ3n) is 5.38. The summed E-state index contributed by atoms with van der Waals surface area (Å²) >= 11 is 0. The highest BCUT2D eigenvalue weighted by Gasteiger charge is 2.35. The van der Waals surface area contributed by atoms with Crippen LogP contribution in [-0.4, -0.2) is 44.6 Å². The van der Waals surface area contributed by atoms with Gasteiger partial charge in [0.2, 0.25) is 11.8 Å². The molecular formula is C17H25N3O4. The van der Waals surface area contributed by atoms with Gasteiger partial charge in [0.15, 0.2) is 5.82 Å². The second kappa shape index (κ2) is 7.32. The molecule has 0 spiro atoms. The van der Waals surface area contributed by atoms with E-state index in [0.717, 1.165) is 25.1 Å². The summed E-state index contributed by atoms with van der Waals surface area (Å²) in [5, 5.41) is 13.3. The van der Waals surface area contributed by atoms with Gasteiger partial charge in [-0.2, -0.15) is 4.98 Å². The molecule has 2 fully saturated rings. The second-order valence-electron chi connectivity index (χ2n) is 6.94. The Hall–Kier alpha value is -1.92. The first kappa shape index (κ1) is 16.9. The zero-order valence-corrected chi connectivity index (χ0v) is 14.1. The molecule has 7 heteroatoms. The lowest BCUT2D eigenvalue weighted by Gasteiger charge is -2.37. The molecule has 2 heterocycles. The molecule has 3 rings (SSSR count). The maximum atomic E-state index is 12.5. The van der Waals surface area contributed by atoms with Crippen molar-refractivity contribution < 1.29 is 19.2 Å². The predicted octanol–water partition coefficient (Wildman–Crippen LogP) is 2.37. The molecule has 1 aromatic rings. The van der Waals surface area contributed by atoms with Gasteiger partial charge in [0.05, 0.1) is 5.92 Å². The molecule has 0 unspecified atom stereocenters. The molecule has 2 atom stereocenters. The minimum atomic E-state index is -0.821. The van der Waals surface area contributed by atoms with Crippen LogP contribution in [-0.2, 0) is 16.0 Å². The summed E-state index contributed by atoms with van der Waals surface area (Å²) in [5.74, 6) is 0.348. The highest BCUT2D eigenvalue weighted by molar-refractivity contribution is 5.78. The number of rotatable bonds is 5. The predicted molar refractivity (Wildman–Crippen MR) is 85.4 cm³/mol. The number of amides is 1. The van der Waals surface area contributed by atoms with Gasteiger partial charge in [0, 0.05) is 31.3 Å². The lowest BCUT2D eigenvalue weighted by molar-refractivity contribution is -0.149. The third-order valence-corrected chi connectivity index (χ3v) is 5.38. The van der Waals surface area contributed by atoms with Crippen molar-refractivity contribution in [2.45, 2.75) is 70.3 Å². The highest BCUT2D eigenvalue weighted by Crippen LogP contribution is 2.32. The zero-order valence-electron chi connectivity index (χ0n) is 14.1. The summed E-state index contributed by atoms with van der Waals surface area (Å²) in [6, 6.07) is -0.263. The van der Waals surface area contributed by atoms with E-state index in [1.165, 1.54) is 12.8 Å². The van der Waals surface area contributed by atoms with Crippen LogP contribution < -0.4 is 0 Å². The maximum Gasteiger partial charge on any atom is 0.308 e. The lowest BCUT2D eigenvalue weighted by atomic mass is 9.90. The number of likely N-dealkylation sites (tertiary alicyclic amines) is 1. The largest absolute Gasteiger partial charge is 0.481 e. The fraction of sp³-hybridized carbons (Fsp3) is 0.765. The number of aryl methyl sites for hydroxylation is 1. The van der Waals surface area contributed by atoms with E-state index in [1.54, 1.807) is 4.90 Å². The number of carbonyl (C=O) groups excluding carboxylic acids is 1. The summed E-state index contributed by atoms with van der Waals surface area (Å²) in [7, 11) is 0. The number of carboxylic acid groups (broad SMARTS) is 1. The topological polar surface area (TPSA) is 96.5 Å². The van der Waals surface area contributed by atoms with E-state index in [0.29, 0.717) is 31.2 Å². The molecule has 1 aliphatic heterocycles. The Bertz CT molecular complexity index is 594. The van der Waals surface area contributed by atoms with E-state index < -0.39 is 11.9 Å². The van der Waals surface area contributed by atoms with Crippen LogP contribution in [0.5, 0.6) is 0 Å². The van der Waals surface area contributed by atoms with Crippen LogP contribution in [0.2, 0.25) is 0 Å². The molecule has 7 nitrogen and oxygen atoms in total. The number of aromatic nitrogens is 2. The summed E-state index contributed by atoms with van der Waals surface area (Å²) in [5.41, 5.74) is 0. The Kier molecular flexibility index (Phi) is 5.16. The van der Waals surface area contributed by atoms with Crippen molar-refractivity contribution >= 4 is 11.9 Å². The number of hydrogen-bond donors (Lipinski definition) is 1. The standard InChI is InChI=1S/C17H25N3O4/c1-11-13(17(22)23)7-4-10-20(11)15(21)9-8-14-18-16(19-24-14)12-5-2-3-6-12/h11-13H,2-10H2,1H3,(H,22,23)/t11-,13-/m1/s1. The molecular weight excluding hydrogens is 310 g/mol. The van der Waals surface area contributed by atoms with E-state index in [-0.39, 0.29) is 18.4 Å². The fourth-order valence-corrected chi connectivity index (χ4v) is 3.90. The molecule has 1 aromatic heterocycles. The fourth-order valence-electron chi connectivity index (χ4n) is 3.90. The van der Waals surface area contributed by atoms with Crippen LogP contribution in [0.4, 0.5) is 0 Å². The van der Waals surface area contributed by atoms with Crippen molar-refractivity contribution in [3.63, 3.8) is 0 Å². The lowest BCUT2D eigenvalue weighted by Crippen LogP contribution is -2.49. The molecule has 0 aromatic carbocycles. The first-order chi connectivity index (χ1) is 11.6. The normalized spacial score (nSPS) is 25.1. The number of piperidine rings is 1. The highest BCUT2D eigenvalue weighted by atomic mass is 16.5. The third kappa shape index (κ3) is 3.60. The molecule has 1 saturated heterocycles. The van der Waals surface area contributed by atoms with Crippen LogP contribution >= 0.6 is 0 Å². The summed E-state index contributed by atoms with van der Waals surface area (Å²) in [4.78, 5) is 29.8. The van der Waals surface area contributed by atoms with Crippen molar-refractivity contribution in [2.75, 3.05) is 6.54 Å². The first-order valence-electron chi connectivity index (χ1n) is 8.91. The van der Waals surface area contributed by atoms with Crippen molar-refractivity contribution in [3.8, 4) is 0 Å². The van der Waals surface area contributed by atoms with Gasteiger partial charge in [-0.1, -0.05) is 18.0 Å². The number of carbonyl (C=O) groups is 2. The minimum Gasteiger partial charge on any atom is -0.481 e. The van der Waals surface area contributed by atoms with Crippen LogP contribution in [0.25, 0.3) is 0 Å². The van der Waals surface area contributed by atoms with E-state index in [1.807, 2.05) is 6.92 Å². The summed E-state index contributed by atoms with van der Waals surface area (Å²) < 4.78 is 5.28. The zero-order chi connectivity index (χ0) is 17.1. The van der Waals surface area contributed by atoms with E-state index in [9.17, 15) is 14.7 Å². The number of nitrogens with zero attached hydrogens (tertiary/aromatic N) is 3. The van der Waals surface area contributed by atoms with Crippen molar-refractivity contribution in [1.29, 1.82) is 0 Å². The van der Waals surface area contributed by atoms with Crippen molar-refractivity contribution in [1.82, 2.24) is 15.0 Å². The van der Waals surface area contributed by atoms with Gasteiger partial charge in [0.25, 0.3) is 0 Å². The molecule has 24 heavy (non-hydrogen) atoms. The van der Waals surface area contributed by atoms with E-state index in [2.05, 4.69) is 10.1 Å². The average Bonchev–Trinajstić information content (AvgIpc) is 3.23. The minimum absolute atomic E-state index is 0.0333. The molecule has 1 saturated carbocycles. The molecule has 0 radical (unpaired) electrons. The Morgan fingerprint density at radius 3 is 2.71 bits per heavy atom. The smallest absolute Gasteiger partial charge is 0.308 e. The van der Waals surface area contributed by atoms with Crippen LogP contribution in [0.3, 0.4) is 0 Å². The SMILES string of the molecule is C[C@@H]1[C@H](C(=O)O)CCCN1C(=O)CCc1nc(C2CCCC2)no1. The number of hydrogen-bond acceptors (Lipinski definition) is 5. The number of carboxylic acids is 1. The van der Waals surface area contributed by atoms with E-state index in [4.69, 9.17) is 4.52 Å². The molecule has 2 aliphatic rings. The van der Waals surface area contributed by atoms with Gasteiger partial charge in [-0.25, -0.2) is 0 Å². The first-order valence-corrected chi connectivity index (χ1v) is 8.91. The Labute approximate surface area is 141 Å². The molecule has 1 aliphatic carbocycles. The van der Waals surface area contributed by atoms with Gasteiger partial charge in [0.1, 0.15) is 0 Å². The Morgan fingerprint density at radius 1 is 1.25 bits per heavy atom. The van der Waals surface area contributed by atoms with Gasteiger partial charge >= 0.3 is 5.97 Å². The van der Waals surface area contributed by atoms with Crippen LogP contribution in [0.15, 0.2) is 4.52 Å². The molecule has 0 bridgehead atoms. The molecule has 1 amide bonds. The summed E-state index contributed by atoms with van der Waals surface area (Å²) in [6.07, 6.45) is 6.71. The summed E-state index contributed by atoms with van der Waals surface area (Å²) in [6.45, 7) is 2.45.